The van der Waals surface area contributed by atoms with Gasteiger partial charge in [-0.2, -0.15) is 0 Å². The first-order valence-electron chi connectivity index (χ1n) is 2.46. The SMILES string of the molecule is C=C/C=C\C(N)C(=O)O. The minimum absolute atomic E-state index is 0.914. The number of carboxylic acids is 1. The molecule has 3 N–H and O–H groups in total. The van der Waals surface area contributed by atoms with Crippen molar-refractivity contribution in [1.29, 1.82) is 0 Å². The van der Waals surface area contributed by atoms with Gasteiger partial charge in [0.25, 0.3) is 0 Å². The molecule has 0 fully saturated rings. The zero-order valence-corrected chi connectivity index (χ0v) is 4.95. The average molecular weight is 127 g/mol. The molecular weight excluding hydrogens is 118 g/mol. The number of rotatable bonds is 3. The fourth-order valence-corrected chi connectivity index (χ4v) is 0.281. The smallest absolute Gasteiger partial charge is 0.324 e. The lowest BCUT2D eigenvalue weighted by atomic mass is 10.3. The summed E-state index contributed by atoms with van der Waals surface area (Å²) in [5.41, 5.74) is 5.07. The van der Waals surface area contributed by atoms with Crippen molar-refractivity contribution in [3.8, 4) is 0 Å². The maximum Gasteiger partial charge on any atom is 0.324 e. The van der Waals surface area contributed by atoms with Crippen molar-refractivity contribution >= 4 is 5.97 Å². The third kappa shape index (κ3) is 3.49. The Morgan fingerprint density at radius 2 is 2.33 bits per heavy atom. The summed E-state index contributed by atoms with van der Waals surface area (Å²) in [6.45, 7) is 3.36. The fraction of sp³-hybridized carbons (Fsp3) is 0.167. The summed E-state index contributed by atoms with van der Waals surface area (Å²) < 4.78 is 0. The van der Waals surface area contributed by atoms with Gasteiger partial charge in [0.05, 0.1) is 0 Å². The van der Waals surface area contributed by atoms with Crippen molar-refractivity contribution in [2.24, 2.45) is 5.73 Å². The normalized spacial score (nSPS) is 13.4. The molecule has 3 nitrogen and oxygen atoms in total. The van der Waals surface area contributed by atoms with Crippen molar-refractivity contribution in [2.75, 3.05) is 0 Å². The molecule has 0 rings (SSSR count). The van der Waals surface area contributed by atoms with Crippen LogP contribution in [0.2, 0.25) is 0 Å². The van der Waals surface area contributed by atoms with E-state index < -0.39 is 12.0 Å². The van der Waals surface area contributed by atoms with Crippen molar-refractivity contribution in [2.45, 2.75) is 6.04 Å². The van der Waals surface area contributed by atoms with E-state index in [0.717, 1.165) is 0 Å². The standard InChI is InChI=1S/C6H9NO2/c1-2-3-4-5(7)6(8)9/h2-5H,1,7H2,(H,8,9)/b4-3-. The molecule has 0 aromatic heterocycles. The Bertz CT molecular complexity index is 140. The number of nitrogens with two attached hydrogens (primary N) is 1. The monoisotopic (exact) mass is 127 g/mol. The van der Waals surface area contributed by atoms with Crippen LogP contribution in [0.25, 0.3) is 0 Å². The van der Waals surface area contributed by atoms with E-state index in [9.17, 15) is 4.79 Å². The molecule has 1 unspecified atom stereocenters. The molecule has 0 radical (unpaired) electrons. The van der Waals surface area contributed by atoms with Gasteiger partial charge >= 0.3 is 5.97 Å². The van der Waals surface area contributed by atoms with E-state index in [1.165, 1.54) is 18.2 Å². The lowest BCUT2D eigenvalue weighted by molar-refractivity contribution is -0.137. The van der Waals surface area contributed by atoms with E-state index in [0.29, 0.717) is 0 Å². The van der Waals surface area contributed by atoms with Crippen molar-refractivity contribution in [3.05, 3.63) is 24.8 Å². The van der Waals surface area contributed by atoms with Crippen LogP contribution in [-0.4, -0.2) is 17.1 Å². The highest BCUT2D eigenvalue weighted by atomic mass is 16.4. The lowest BCUT2D eigenvalue weighted by Crippen LogP contribution is -2.27. The minimum atomic E-state index is -1.03. The molecule has 0 heterocycles. The van der Waals surface area contributed by atoms with Crippen LogP contribution in [0.3, 0.4) is 0 Å². The molecule has 9 heavy (non-hydrogen) atoms. The Balaban J connectivity index is 3.75. The predicted molar refractivity (Wildman–Crippen MR) is 34.9 cm³/mol. The van der Waals surface area contributed by atoms with Crippen LogP contribution in [0.4, 0.5) is 0 Å². The van der Waals surface area contributed by atoms with Gasteiger partial charge in [0.2, 0.25) is 0 Å². The van der Waals surface area contributed by atoms with E-state index in [1.54, 1.807) is 0 Å². The summed E-state index contributed by atoms with van der Waals surface area (Å²) in [5.74, 6) is -1.03. The molecule has 0 amide bonds. The highest BCUT2D eigenvalue weighted by Gasteiger charge is 2.03. The first-order chi connectivity index (χ1) is 4.18. The maximum absolute atomic E-state index is 9.99. The highest BCUT2D eigenvalue weighted by Crippen LogP contribution is 1.81. The molecule has 1 atom stereocenters. The molecule has 0 bridgehead atoms. The number of carboxylic acid groups (broad SMARTS) is 1. The predicted octanol–water partition coefficient (Wildman–Crippen LogP) is 0.140. The Morgan fingerprint density at radius 1 is 1.78 bits per heavy atom. The van der Waals surface area contributed by atoms with Crippen LogP contribution in [0.15, 0.2) is 24.8 Å². The molecule has 0 aliphatic carbocycles. The van der Waals surface area contributed by atoms with Gasteiger partial charge in [-0.15, -0.1) is 0 Å². The summed E-state index contributed by atoms with van der Waals surface area (Å²) in [5, 5.41) is 8.20. The second-order valence-electron chi connectivity index (χ2n) is 1.48. The Morgan fingerprint density at radius 3 is 2.67 bits per heavy atom. The fourth-order valence-electron chi connectivity index (χ4n) is 0.281. The van der Waals surface area contributed by atoms with Gasteiger partial charge in [0.1, 0.15) is 6.04 Å². The summed E-state index contributed by atoms with van der Waals surface area (Å²) in [6.07, 6.45) is 4.33. The van der Waals surface area contributed by atoms with Gasteiger partial charge in [-0.05, 0) is 0 Å². The molecule has 0 aliphatic rings. The summed E-state index contributed by atoms with van der Waals surface area (Å²) in [6, 6.07) is -0.914. The number of hydrogen-bond acceptors (Lipinski definition) is 2. The quantitative estimate of drug-likeness (QED) is 0.530. The third-order valence-electron chi connectivity index (χ3n) is 0.740. The summed E-state index contributed by atoms with van der Waals surface area (Å²) in [4.78, 5) is 9.99. The second kappa shape index (κ2) is 3.86. The van der Waals surface area contributed by atoms with Crippen LogP contribution < -0.4 is 5.73 Å². The van der Waals surface area contributed by atoms with E-state index >= 15 is 0 Å². The van der Waals surface area contributed by atoms with Gasteiger partial charge in [-0.1, -0.05) is 24.8 Å². The van der Waals surface area contributed by atoms with Crippen LogP contribution in [-0.2, 0) is 4.79 Å². The number of allylic oxidation sites excluding steroid dienone is 2. The zero-order chi connectivity index (χ0) is 7.28. The van der Waals surface area contributed by atoms with Crippen LogP contribution in [0.1, 0.15) is 0 Å². The lowest BCUT2D eigenvalue weighted by Gasteiger charge is -1.94. The average Bonchev–Trinajstić information content (AvgIpc) is 1.82. The number of hydrogen-bond donors (Lipinski definition) is 2. The van der Waals surface area contributed by atoms with Gasteiger partial charge < -0.3 is 10.8 Å². The molecule has 0 saturated carbocycles. The van der Waals surface area contributed by atoms with Gasteiger partial charge in [-0.25, -0.2) is 0 Å². The first kappa shape index (κ1) is 7.91. The van der Waals surface area contributed by atoms with E-state index in [4.69, 9.17) is 10.8 Å². The Kier molecular flexibility index (Phi) is 3.39. The molecule has 0 aromatic carbocycles. The highest BCUT2D eigenvalue weighted by molar-refractivity contribution is 5.75. The van der Waals surface area contributed by atoms with E-state index in [2.05, 4.69) is 6.58 Å². The third-order valence-corrected chi connectivity index (χ3v) is 0.740. The van der Waals surface area contributed by atoms with Crippen molar-refractivity contribution in [3.63, 3.8) is 0 Å². The number of carbonyl (C=O) groups is 1. The summed E-state index contributed by atoms with van der Waals surface area (Å²) in [7, 11) is 0. The van der Waals surface area contributed by atoms with Crippen molar-refractivity contribution in [1.82, 2.24) is 0 Å². The molecular formula is C6H9NO2. The molecule has 0 aliphatic heterocycles. The second-order valence-corrected chi connectivity index (χ2v) is 1.48. The zero-order valence-electron chi connectivity index (χ0n) is 4.95. The van der Waals surface area contributed by atoms with Crippen molar-refractivity contribution < 1.29 is 9.90 Å². The topological polar surface area (TPSA) is 63.3 Å². The van der Waals surface area contributed by atoms with Crippen LogP contribution in [0, 0.1) is 0 Å². The Labute approximate surface area is 53.5 Å². The Hall–Kier alpha value is -1.09. The van der Waals surface area contributed by atoms with Gasteiger partial charge in [0, 0.05) is 0 Å². The van der Waals surface area contributed by atoms with E-state index in [-0.39, 0.29) is 0 Å². The molecule has 50 valence electrons. The van der Waals surface area contributed by atoms with Gasteiger partial charge in [0.15, 0.2) is 0 Å². The van der Waals surface area contributed by atoms with Gasteiger partial charge in [-0.3, -0.25) is 4.79 Å². The number of aliphatic carboxylic acids is 1. The van der Waals surface area contributed by atoms with E-state index in [1.807, 2.05) is 0 Å². The maximum atomic E-state index is 9.99. The van der Waals surface area contributed by atoms with Crippen LogP contribution in [0.5, 0.6) is 0 Å². The first-order valence-corrected chi connectivity index (χ1v) is 2.46. The molecule has 0 saturated heterocycles. The minimum Gasteiger partial charge on any atom is -0.480 e. The van der Waals surface area contributed by atoms with Crippen LogP contribution >= 0.6 is 0 Å². The largest absolute Gasteiger partial charge is 0.480 e. The molecule has 3 heteroatoms. The molecule has 0 spiro atoms. The summed E-state index contributed by atoms with van der Waals surface area (Å²) >= 11 is 0. The molecule has 0 aromatic rings.